The van der Waals surface area contributed by atoms with Crippen LogP contribution in [-0.4, -0.2) is 42.3 Å². The molecule has 1 aliphatic carbocycles. The van der Waals surface area contributed by atoms with Crippen LogP contribution in [0.1, 0.15) is 107 Å². The number of anilines is 1. The lowest BCUT2D eigenvalue weighted by molar-refractivity contribution is -0.171. The molecule has 234 valence electrons. The number of piperidine rings is 1. The minimum Gasteiger partial charge on any atom is -0.461 e. The SMILES string of the molecule is Cc1nc(C)c(C(OC(C)(C)C)C(=O)OC(C)C)c(N2CCC3(CCCC3)CC2)c1-c1ccc2c(c1)CCNC2.Cl.Cl. The summed E-state index contributed by atoms with van der Waals surface area (Å²) < 4.78 is 12.4. The molecule has 1 saturated carbocycles. The molecule has 2 fully saturated rings. The molecule has 1 aromatic heterocycles. The summed E-state index contributed by atoms with van der Waals surface area (Å²) in [7, 11) is 0. The third-order valence-electron chi connectivity index (χ3n) is 9.06. The van der Waals surface area contributed by atoms with Gasteiger partial charge in [-0.25, -0.2) is 4.79 Å². The molecule has 0 bridgehead atoms. The van der Waals surface area contributed by atoms with Crippen molar-refractivity contribution in [1.29, 1.82) is 0 Å². The number of ether oxygens (including phenoxy) is 2. The highest BCUT2D eigenvalue weighted by Crippen LogP contribution is 2.50. The monoisotopic (exact) mass is 619 g/mol. The third kappa shape index (κ3) is 7.43. The first-order chi connectivity index (χ1) is 19.0. The Morgan fingerprint density at radius 2 is 1.67 bits per heavy atom. The van der Waals surface area contributed by atoms with Gasteiger partial charge in [-0.1, -0.05) is 31.0 Å². The first-order valence-corrected chi connectivity index (χ1v) is 15.4. The third-order valence-corrected chi connectivity index (χ3v) is 9.06. The van der Waals surface area contributed by atoms with E-state index in [-0.39, 0.29) is 36.9 Å². The van der Waals surface area contributed by atoms with Crippen LogP contribution in [0.2, 0.25) is 0 Å². The number of hydrogen-bond acceptors (Lipinski definition) is 6. The number of rotatable bonds is 6. The van der Waals surface area contributed by atoms with Crippen LogP contribution < -0.4 is 10.2 Å². The molecule has 0 amide bonds. The van der Waals surface area contributed by atoms with Gasteiger partial charge in [-0.05, 0) is 109 Å². The average Bonchev–Trinajstić information content (AvgIpc) is 3.34. The molecule has 2 aromatic rings. The number of esters is 1. The Kier molecular flexibility index (Phi) is 11.4. The van der Waals surface area contributed by atoms with Crippen molar-refractivity contribution in [3.8, 4) is 11.1 Å². The van der Waals surface area contributed by atoms with Gasteiger partial charge in [0.15, 0.2) is 6.10 Å². The number of carbonyl (C=O) groups excluding carboxylic acids is 1. The zero-order valence-electron chi connectivity index (χ0n) is 26.6. The van der Waals surface area contributed by atoms with E-state index in [0.717, 1.165) is 60.8 Å². The number of hydrogen-bond donors (Lipinski definition) is 1. The number of nitrogens with zero attached hydrogens (tertiary/aromatic N) is 2. The summed E-state index contributed by atoms with van der Waals surface area (Å²) in [4.78, 5) is 21.4. The summed E-state index contributed by atoms with van der Waals surface area (Å²) in [5, 5.41) is 3.49. The Labute approximate surface area is 265 Å². The second kappa shape index (κ2) is 13.8. The number of fused-ring (bicyclic) bond motifs is 1. The Bertz CT molecular complexity index is 1240. The highest BCUT2D eigenvalue weighted by atomic mass is 35.5. The predicted octanol–water partition coefficient (Wildman–Crippen LogP) is 7.82. The quantitative estimate of drug-likeness (QED) is 0.332. The molecular formula is C34H51Cl2N3O3. The molecular weight excluding hydrogens is 569 g/mol. The van der Waals surface area contributed by atoms with Crippen molar-refractivity contribution in [2.75, 3.05) is 24.5 Å². The van der Waals surface area contributed by atoms with E-state index in [1.807, 2.05) is 41.5 Å². The van der Waals surface area contributed by atoms with Gasteiger partial charge in [0.25, 0.3) is 0 Å². The topological polar surface area (TPSA) is 63.7 Å². The molecule has 1 saturated heterocycles. The normalized spacial score (nSPS) is 18.7. The molecule has 1 aromatic carbocycles. The lowest BCUT2D eigenvalue weighted by Gasteiger charge is -2.43. The number of pyridine rings is 1. The summed E-state index contributed by atoms with van der Waals surface area (Å²) in [6.45, 7) is 17.8. The van der Waals surface area contributed by atoms with E-state index >= 15 is 0 Å². The number of benzene rings is 1. The van der Waals surface area contributed by atoms with Gasteiger partial charge in [-0.2, -0.15) is 0 Å². The summed E-state index contributed by atoms with van der Waals surface area (Å²) in [5.41, 5.74) is 8.84. The lowest BCUT2D eigenvalue weighted by atomic mass is 9.76. The number of aryl methyl sites for hydroxylation is 2. The molecule has 6 nitrogen and oxygen atoms in total. The van der Waals surface area contributed by atoms with Crippen molar-refractivity contribution >= 4 is 36.5 Å². The maximum absolute atomic E-state index is 13.7. The molecule has 1 atom stereocenters. The van der Waals surface area contributed by atoms with E-state index in [0.29, 0.717) is 5.41 Å². The lowest BCUT2D eigenvalue weighted by Crippen LogP contribution is -2.41. The predicted molar refractivity (Wildman–Crippen MR) is 176 cm³/mol. The number of carbonyl (C=O) groups is 1. The van der Waals surface area contributed by atoms with Crippen LogP contribution in [0.3, 0.4) is 0 Å². The van der Waals surface area contributed by atoms with Crippen molar-refractivity contribution in [1.82, 2.24) is 10.3 Å². The van der Waals surface area contributed by atoms with E-state index in [1.54, 1.807) is 0 Å². The molecule has 1 unspecified atom stereocenters. The highest BCUT2D eigenvalue weighted by Gasteiger charge is 2.41. The minimum absolute atomic E-state index is 0. The highest BCUT2D eigenvalue weighted by molar-refractivity contribution is 5.88. The average molecular weight is 621 g/mol. The van der Waals surface area contributed by atoms with Crippen molar-refractivity contribution in [3.63, 3.8) is 0 Å². The van der Waals surface area contributed by atoms with E-state index < -0.39 is 11.7 Å². The van der Waals surface area contributed by atoms with Gasteiger partial charge < -0.3 is 19.7 Å². The second-order valence-electron chi connectivity index (χ2n) is 13.6. The van der Waals surface area contributed by atoms with E-state index in [2.05, 4.69) is 35.3 Å². The summed E-state index contributed by atoms with van der Waals surface area (Å²) in [5.74, 6) is -0.341. The summed E-state index contributed by atoms with van der Waals surface area (Å²) >= 11 is 0. The smallest absolute Gasteiger partial charge is 0.340 e. The standard InChI is InChI=1S/C34H49N3O3.2ClH/c1-22(2)39-32(38)31(40-33(5,6)7)29-24(4)36-23(3)28(26-10-11-27-21-35-17-12-25(27)20-26)30(29)37-18-15-34(16-19-37)13-8-9-14-34;;/h10-11,20,22,31,35H,8-9,12-19,21H2,1-7H3;2*1H. The molecule has 3 heterocycles. The summed E-state index contributed by atoms with van der Waals surface area (Å²) in [6, 6.07) is 6.86. The van der Waals surface area contributed by atoms with Crippen molar-refractivity contribution < 1.29 is 14.3 Å². The zero-order valence-corrected chi connectivity index (χ0v) is 28.2. The Balaban J connectivity index is 0.00000242. The van der Waals surface area contributed by atoms with Crippen LogP contribution in [-0.2, 0) is 27.2 Å². The maximum Gasteiger partial charge on any atom is 0.340 e. The van der Waals surface area contributed by atoms with Crippen molar-refractivity contribution in [3.05, 3.63) is 46.3 Å². The van der Waals surface area contributed by atoms with Gasteiger partial charge in [-0.15, -0.1) is 24.8 Å². The van der Waals surface area contributed by atoms with Gasteiger partial charge in [0.2, 0.25) is 0 Å². The molecule has 1 spiro atoms. The molecule has 3 aliphatic rings. The van der Waals surface area contributed by atoms with Gasteiger partial charge in [0, 0.05) is 42.1 Å². The Hall–Kier alpha value is -1.86. The van der Waals surface area contributed by atoms with E-state index in [1.165, 1.54) is 55.2 Å². The van der Waals surface area contributed by atoms with Gasteiger partial charge in [0.1, 0.15) is 0 Å². The van der Waals surface area contributed by atoms with Crippen LogP contribution in [0.4, 0.5) is 5.69 Å². The van der Waals surface area contributed by atoms with Crippen LogP contribution in [0, 0.1) is 19.3 Å². The minimum atomic E-state index is -0.853. The second-order valence-corrected chi connectivity index (χ2v) is 13.6. The van der Waals surface area contributed by atoms with Crippen molar-refractivity contribution in [2.45, 2.75) is 118 Å². The Morgan fingerprint density at radius 3 is 2.29 bits per heavy atom. The largest absolute Gasteiger partial charge is 0.461 e. The molecule has 5 rings (SSSR count). The molecule has 0 radical (unpaired) electrons. The fourth-order valence-electron chi connectivity index (χ4n) is 7.17. The Morgan fingerprint density at radius 1 is 1.00 bits per heavy atom. The van der Waals surface area contributed by atoms with E-state index in [4.69, 9.17) is 14.5 Å². The van der Waals surface area contributed by atoms with Crippen molar-refractivity contribution in [2.24, 2.45) is 5.41 Å². The molecule has 2 aliphatic heterocycles. The van der Waals surface area contributed by atoms with Gasteiger partial charge >= 0.3 is 5.97 Å². The first-order valence-electron chi connectivity index (χ1n) is 15.4. The molecule has 8 heteroatoms. The maximum atomic E-state index is 13.7. The number of halogens is 2. The van der Waals surface area contributed by atoms with Crippen LogP contribution in [0.15, 0.2) is 18.2 Å². The number of aromatic nitrogens is 1. The summed E-state index contributed by atoms with van der Waals surface area (Å²) in [6.07, 6.45) is 7.75. The van der Waals surface area contributed by atoms with Crippen LogP contribution in [0.25, 0.3) is 11.1 Å². The van der Waals surface area contributed by atoms with Crippen LogP contribution >= 0.6 is 24.8 Å². The van der Waals surface area contributed by atoms with E-state index in [9.17, 15) is 4.79 Å². The molecule has 42 heavy (non-hydrogen) atoms. The van der Waals surface area contributed by atoms with Crippen LogP contribution in [0.5, 0.6) is 0 Å². The fraction of sp³-hybridized carbons (Fsp3) is 0.647. The fourth-order valence-corrected chi connectivity index (χ4v) is 7.17. The molecule has 1 N–H and O–H groups in total. The zero-order chi connectivity index (χ0) is 28.7. The first kappa shape index (κ1) is 34.6. The van der Waals surface area contributed by atoms with Gasteiger partial charge in [-0.3, -0.25) is 4.98 Å². The number of nitrogens with one attached hydrogen (secondary N) is 1. The van der Waals surface area contributed by atoms with Gasteiger partial charge in [0.05, 0.1) is 17.4 Å².